The average molecular weight is 1090 g/mol. The largest absolute Gasteiger partial charge is 0.457 e. The SMILES string of the molecule is [2H]C(C)(C)c1ccccc1-c1cc(Oc2ccc3c4ccccc4n(-c4cc(C(C)(C)C)ccn4)c3c2)cc(N2CN(c3c(-c4c(F)c(F)c(F)c(F)c4F)cc(C(C)(C)C)cc3-c3c(F)c(F)c(F)c(F)c3F)c3ccccc32)c1. The summed E-state index contributed by atoms with van der Waals surface area (Å²) in [4.78, 5) is 7.74. The van der Waals surface area contributed by atoms with Crippen LogP contribution in [0, 0.1) is 58.2 Å². The van der Waals surface area contributed by atoms with E-state index < -0.39 is 104 Å². The Morgan fingerprint density at radius 2 is 1.01 bits per heavy atom. The predicted octanol–water partition coefficient (Wildman–Crippen LogP) is 19.3. The van der Waals surface area contributed by atoms with Crippen molar-refractivity contribution in [3.8, 4) is 50.7 Å². The number of nitrogens with zero attached hydrogens (tertiary/aromatic N) is 4. The molecule has 0 bridgehead atoms. The van der Waals surface area contributed by atoms with Crippen LogP contribution in [0.2, 0.25) is 0 Å². The highest BCUT2D eigenvalue weighted by Crippen LogP contribution is 2.54. The first kappa shape index (κ1) is 52.1. The second-order valence-electron chi connectivity index (χ2n) is 22.1. The zero-order valence-electron chi connectivity index (χ0n) is 45.5. The van der Waals surface area contributed by atoms with Crippen molar-refractivity contribution < 1.29 is 50.0 Å². The summed E-state index contributed by atoms with van der Waals surface area (Å²) in [6.45, 7) is 14.0. The summed E-state index contributed by atoms with van der Waals surface area (Å²) in [6, 6.07) is 38.7. The van der Waals surface area contributed by atoms with Crippen LogP contribution in [0.4, 0.5) is 66.7 Å². The Labute approximate surface area is 456 Å². The third-order valence-corrected chi connectivity index (χ3v) is 14.7. The summed E-state index contributed by atoms with van der Waals surface area (Å²) in [7, 11) is 0. The van der Waals surface area contributed by atoms with E-state index in [2.05, 4.69) is 31.4 Å². The van der Waals surface area contributed by atoms with Crippen molar-refractivity contribution in [1.29, 1.82) is 0 Å². The van der Waals surface area contributed by atoms with Gasteiger partial charge in [-0.1, -0.05) is 110 Å². The fourth-order valence-corrected chi connectivity index (χ4v) is 10.6. The Hall–Kier alpha value is -8.59. The zero-order chi connectivity index (χ0) is 57.9. The van der Waals surface area contributed by atoms with Crippen LogP contribution in [0.25, 0.3) is 61.0 Å². The van der Waals surface area contributed by atoms with E-state index in [9.17, 15) is 10.2 Å². The summed E-state index contributed by atoms with van der Waals surface area (Å²) in [5.41, 5.74) is -1.35. The molecule has 8 aromatic carbocycles. The van der Waals surface area contributed by atoms with Crippen molar-refractivity contribution in [2.45, 2.75) is 72.1 Å². The van der Waals surface area contributed by atoms with Gasteiger partial charge in [-0.25, -0.2) is 48.9 Å². The third kappa shape index (κ3) is 8.87. The van der Waals surface area contributed by atoms with E-state index in [1.165, 1.54) is 11.0 Å². The van der Waals surface area contributed by atoms with Crippen molar-refractivity contribution in [2.75, 3.05) is 16.5 Å². The molecule has 11 rings (SSSR count). The lowest BCUT2D eigenvalue weighted by molar-refractivity contribution is 0.381. The molecule has 0 fully saturated rings. The highest BCUT2D eigenvalue weighted by Gasteiger charge is 2.39. The fourth-order valence-electron chi connectivity index (χ4n) is 10.6. The van der Waals surface area contributed by atoms with E-state index in [-0.39, 0.29) is 22.4 Å². The Bertz CT molecular complexity index is 4080. The van der Waals surface area contributed by atoms with Crippen LogP contribution in [-0.2, 0) is 10.8 Å². The zero-order valence-corrected chi connectivity index (χ0v) is 44.5. The number of ether oxygens (including phenoxy) is 1. The summed E-state index contributed by atoms with van der Waals surface area (Å²) in [5, 5.41) is 1.89. The first-order valence-corrected chi connectivity index (χ1v) is 25.5. The molecule has 0 atom stereocenters. The second kappa shape index (κ2) is 19.6. The van der Waals surface area contributed by atoms with E-state index in [1.807, 2.05) is 66.7 Å². The van der Waals surface area contributed by atoms with Gasteiger partial charge < -0.3 is 14.5 Å². The normalized spacial score (nSPS) is 13.2. The van der Waals surface area contributed by atoms with Crippen molar-refractivity contribution in [3.63, 3.8) is 0 Å². The van der Waals surface area contributed by atoms with Crippen LogP contribution in [0.5, 0.6) is 11.5 Å². The number of pyridine rings is 1. The van der Waals surface area contributed by atoms with Gasteiger partial charge >= 0.3 is 0 Å². The van der Waals surface area contributed by atoms with E-state index in [0.717, 1.165) is 39.5 Å². The lowest BCUT2D eigenvalue weighted by Gasteiger charge is -2.30. The van der Waals surface area contributed by atoms with Gasteiger partial charge in [-0.3, -0.25) is 4.57 Å². The van der Waals surface area contributed by atoms with E-state index >= 15 is 35.1 Å². The molecular weight excluding hydrogens is 1040 g/mol. The van der Waals surface area contributed by atoms with Gasteiger partial charge in [0, 0.05) is 47.3 Å². The maximum atomic E-state index is 16.4. The number of aromatic nitrogens is 2. The molecule has 15 heteroatoms. The molecule has 0 N–H and O–H groups in total. The summed E-state index contributed by atoms with van der Waals surface area (Å²) in [5.74, 6) is -23.4. The monoisotopic (exact) mass is 1090 g/mol. The second-order valence-corrected chi connectivity index (χ2v) is 22.1. The predicted molar refractivity (Wildman–Crippen MR) is 294 cm³/mol. The number of para-hydroxylation sites is 3. The molecule has 406 valence electrons. The third-order valence-electron chi connectivity index (χ3n) is 14.7. The van der Waals surface area contributed by atoms with Crippen molar-refractivity contribution >= 4 is 44.6 Å². The lowest BCUT2D eigenvalue weighted by atomic mass is 9.81. The van der Waals surface area contributed by atoms with Gasteiger partial charge in [0.15, 0.2) is 46.5 Å². The van der Waals surface area contributed by atoms with Crippen LogP contribution in [0.15, 0.2) is 140 Å². The fraction of sp³-hybridized carbons (Fsp3) is 0.185. The number of fused-ring (bicyclic) bond motifs is 4. The van der Waals surface area contributed by atoms with Gasteiger partial charge in [0.1, 0.15) is 24.0 Å². The van der Waals surface area contributed by atoms with Crippen molar-refractivity contribution in [3.05, 3.63) is 215 Å². The number of anilines is 4. The standard InChI is InChI=1S/C65H50F10N4O/c1-33(2)40-15-9-10-16-41(40)34-25-37(30-39(26-34)80-38-21-22-43-42-17-11-12-18-46(42)79(49(43)31-38)50-29-35(23-24-76-50)64(3,4)5)77-32-78(48-20-14-13-19-47(48)77)63-44(51-53(66)57(70)61(74)58(71)54(51)67)27-36(65(6,7)8)28-45(63)52-55(68)59(72)62(75)60(73)56(52)69/h9-31,33H,32H2,1-8H3/i33D. The van der Waals surface area contributed by atoms with Crippen LogP contribution < -0.4 is 14.5 Å². The Balaban J connectivity index is 1.15. The Morgan fingerprint density at radius 1 is 0.487 bits per heavy atom. The first-order chi connectivity index (χ1) is 38.2. The lowest BCUT2D eigenvalue weighted by Crippen LogP contribution is -2.26. The van der Waals surface area contributed by atoms with Gasteiger partial charge in [0.25, 0.3) is 0 Å². The summed E-state index contributed by atoms with van der Waals surface area (Å²) >= 11 is 0. The number of rotatable bonds is 9. The van der Waals surface area contributed by atoms with E-state index in [4.69, 9.17) is 9.72 Å². The van der Waals surface area contributed by atoms with Gasteiger partial charge in [0.05, 0.1) is 39.2 Å². The molecule has 0 saturated heterocycles. The van der Waals surface area contributed by atoms with E-state index in [0.29, 0.717) is 39.6 Å². The first-order valence-electron chi connectivity index (χ1n) is 26.0. The topological polar surface area (TPSA) is 33.5 Å². The van der Waals surface area contributed by atoms with Gasteiger partial charge in [0.2, 0.25) is 11.6 Å². The molecule has 0 spiro atoms. The molecule has 2 aromatic heterocycles. The molecule has 0 aliphatic carbocycles. The smallest absolute Gasteiger partial charge is 0.200 e. The quantitative estimate of drug-likeness (QED) is 0.0819. The average Bonchev–Trinajstić information content (AvgIpc) is 3.12. The molecule has 80 heavy (non-hydrogen) atoms. The van der Waals surface area contributed by atoms with Crippen molar-refractivity contribution in [2.24, 2.45) is 0 Å². The summed E-state index contributed by atoms with van der Waals surface area (Å²) < 4.78 is 175. The van der Waals surface area contributed by atoms with Gasteiger partial charge in [-0.05, 0) is 111 Å². The van der Waals surface area contributed by atoms with Gasteiger partial charge in [-0.15, -0.1) is 0 Å². The van der Waals surface area contributed by atoms with Crippen molar-refractivity contribution in [1.82, 2.24) is 9.55 Å². The molecule has 0 radical (unpaired) electrons. The molecule has 3 heterocycles. The minimum absolute atomic E-state index is 0.0350. The van der Waals surface area contributed by atoms with E-state index in [1.54, 1.807) is 88.2 Å². The minimum atomic E-state index is -2.49. The number of hydrogen-bond acceptors (Lipinski definition) is 4. The molecule has 5 nitrogen and oxygen atoms in total. The molecule has 1 aliphatic heterocycles. The van der Waals surface area contributed by atoms with Crippen LogP contribution >= 0.6 is 0 Å². The van der Waals surface area contributed by atoms with Crippen LogP contribution in [0.3, 0.4) is 0 Å². The maximum Gasteiger partial charge on any atom is 0.200 e. The van der Waals surface area contributed by atoms with Crippen LogP contribution in [-0.4, -0.2) is 16.2 Å². The number of benzene rings is 8. The molecule has 1 aliphatic rings. The molecular formula is C65H50F10N4O. The highest BCUT2D eigenvalue weighted by molar-refractivity contribution is 6.09. The minimum Gasteiger partial charge on any atom is -0.457 e. The molecule has 0 unspecified atom stereocenters. The molecule has 10 aromatic rings. The Kier molecular flexibility index (Phi) is 12.8. The highest BCUT2D eigenvalue weighted by atomic mass is 19.2. The maximum absolute atomic E-state index is 16.4. The van der Waals surface area contributed by atoms with Gasteiger partial charge in [-0.2, -0.15) is 0 Å². The molecule has 0 saturated carbocycles. The number of halogens is 10. The molecule has 0 amide bonds. The number of hydrogen-bond donors (Lipinski definition) is 0. The van der Waals surface area contributed by atoms with Crippen LogP contribution in [0.1, 0.15) is 79.3 Å². The summed E-state index contributed by atoms with van der Waals surface area (Å²) in [6.07, 6.45) is 1.78. The Morgan fingerprint density at radius 3 is 1.60 bits per heavy atom.